The molecule has 0 fully saturated rings. The summed E-state index contributed by atoms with van der Waals surface area (Å²) < 4.78 is 15.2. The first-order chi connectivity index (χ1) is 16.4. The van der Waals surface area contributed by atoms with Crippen molar-refractivity contribution in [2.24, 2.45) is 0 Å². The zero-order chi connectivity index (χ0) is 24.1. The third-order valence-electron chi connectivity index (χ3n) is 4.56. The van der Waals surface area contributed by atoms with Gasteiger partial charge >= 0.3 is 0 Å². The van der Waals surface area contributed by atoms with Gasteiger partial charge in [0.1, 0.15) is 10.8 Å². The number of carbonyl (C=O) groups excluding carboxylic acids is 2. The number of nitrogens with zero attached hydrogens (tertiary/aromatic N) is 5. The zero-order valence-electron chi connectivity index (χ0n) is 18.3. The lowest BCUT2D eigenvalue weighted by Gasteiger charge is -2.11. The van der Waals surface area contributed by atoms with E-state index in [1.54, 1.807) is 11.5 Å². The van der Waals surface area contributed by atoms with Crippen molar-refractivity contribution in [3.8, 4) is 5.69 Å². The van der Waals surface area contributed by atoms with Crippen LogP contribution in [0, 0.1) is 19.7 Å². The maximum absolute atomic E-state index is 13.5. The van der Waals surface area contributed by atoms with Crippen LogP contribution < -0.4 is 10.6 Å². The molecule has 4 rings (SSSR count). The Kier molecular flexibility index (Phi) is 7.28. The summed E-state index contributed by atoms with van der Waals surface area (Å²) in [5, 5.41) is 23.4. The Balaban J connectivity index is 1.51. The van der Waals surface area contributed by atoms with Gasteiger partial charge in [-0.2, -0.15) is 0 Å². The van der Waals surface area contributed by atoms with Gasteiger partial charge in [0.05, 0.1) is 12.3 Å². The van der Waals surface area contributed by atoms with Crippen LogP contribution in [-0.4, -0.2) is 42.5 Å². The maximum atomic E-state index is 13.5. The van der Waals surface area contributed by atoms with Crippen LogP contribution in [0.1, 0.15) is 26.8 Å². The molecule has 0 aliphatic carbocycles. The van der Waals surface area contributed by atoms with E-state index in [2.05, 4.69) is 31.0 Å². The summed E-state index contributed by atoms with van der Waals surface area (Å²) in [6.07, 6.45) is 0. The van der Waals surface area contributed by atoms with Crippen molar-refractivity contribution in [1.82, 2.24) is 30.3 Å². The van der Waals surface area contributed by atoms with Crippen LogP contribution in [0.5, 0.6) is 0 Å². The molecular weight excluding hydrogens is 477 g/mol. The molecule has 4 aromatic rings. The van der Waals surface area contributed by atoms with E-state index < -0.39 is 11.7 Å². The van der Waals surface area contributed by atoms with Gasteiger partial charge in [0.2, 0.25) is 11.0 Å². The predicted molar refractivity (Wildman–Crippen MR) is 128 cm³/mol. The SMILES string of the molecule is Cc1cccc(-n2c(CNC(=O)c3cccc(F)c3)nnc2SCC(=O)Nc2nnc(C)s2)c1. The van der Waals surface area contributed by atoms with E-state index in [1.165, 1.54) is 47.4 Å². The molecule has 2 heterocycles. The van der Waals surface area contributed by atoms with E-state index in [0.29, 0.717) is 16.1 Å². The highest BCUT2D eigenvalue weighted by atomic mass is 32.2. The Labute approximate surface area is 202 Å². The van der Waals surface area contributed by atoms with Gasteiger partial charge in [0.15, 0.2) is 11.0 Å². The number of aromatic nitrogens is 5. The number of anilines is 1. The first-order valence-corrected chi connectivity index (χ1v) is 12.0. The van der Waals surface area contributed by atoms with Crippen LogP contribution in [0.15, 0.2) is 53.7 Å². The fourth-order valence-electron chi connectivity index (χ4n) is 3.06. The van der Waals surface area contributed by atoms with Gasteiger partial charge in [0, 0.05) is 11.3 Å². The van der Waals surface area contributed by atoms with Gasteiger partial charge in [-0.1, -0.05) is 41.3 Å². The highest BCUT2D eigenvalue weighted by Gasteiger charge is 2.18. The van der Waals surface area contributed by atoms with Crippen LogP contribution in [0.2, 0.25) is 0 Å². The number of benzene rings is 2. The van der Waals surface area contributed by atoms with Gasteiger partial charge < -0.3 is 5.32 Å². The first kappa shape index (κ1) is 23.5. The topological polar surface area (TPSA) is 115 Å². The summed E-state index contributed by atoms with van der Waals surface area (Å²) in [7, 11) is 0. The second kappa shape index (κ2) is 10.5. The second-order valence-corrected chi connectivity index (χ2v) is 9.35. The lowest BCUT2D eigenvalue weighted by molar-refractivity contribution is -0.113. The zero-order valence-corrected chi connectivity index (χ0v) is 19.9. The minimum atomic E-state index is -0.490. The van der Waals surface area contributed by atoms with Crippen molar-refractivity contribution in [1.29, 1.82) is 0 Å². The molecule has 0 aliphatic rings. The molecule has 0 atom stereocenters. The summed E-state index contributed by atoms with van der Waals surface area (Å²) in [6, 6.07) is 13.2. The Hall–Kier alpha value is -3.64. The number of hydrogen-bond donors (Lipinski definition) is 2. The molecule has 0 unspecified atom stereocenters. The quantitative estimate of drug-likeness (QED) is 0.358. The summed E-state index contributed by atoms with van der Waals surface area (Å²) in [5.41, 5.74) is 2.03. The van der Waals surface area contributed by atoms with E-state index in [9.17, 15) is 14.0 Å². The van der Waals surface area contributed by atoms with E-state index in [4.69, 9.17) is 0 Å². The number of hydrogen-bond acceptors (Lipinski definition) is 8. The van der Waals surface area contributed by atoms with Crippen LogP contribution in [0.3, 0.4) is 0 Å². The number of rotatable bonds is 8. The van der Waals surface area contributed by atoms with Crippen LogP contribution in [0.4, 0.5) is 9.52 Å². The fourth-order valence-corrected chi connectivity index (χ4v) is 4.44. The maximum Gasteiger partial charge on any atom is 0.251 e. The summed E-state index contributed by atoms with van der Waals surface area (Å²) in [6.45, 7) is 3.83. The van der Waals surface area contributed by atoms with E-state index in [-0.39, 0.29) is 23.8 Å². The molecule has 0 bridgehead atoms. The van der Waals surface area contributed by atoms with Crippen molar-refractivity contribution < 1.29 is 14.0 Å². The Morgan fingerprint density at radius 2 is 1.88 bits per heavy atom. The standard InChI is InChI=1S/C22H20FN7O2S2/c1-13-5-3-8-17(9-13)30-18(11-24-20(32)15-6-4-7-16(23)10-15)27-29-22(30)33-12-19(31)25-21-28-26-14(2)34-21/h3-10H,11-12H2,1-2H3,(H,24,32)(H,25,28,31). The molecule has 0 saturated heterocycles. The summed E-state index contributed by atoms with van der Waals surface area (Å²) in [4.78, 5) is 24.8. The first-order valence-electron chi connectivity index (χ1n) is 10.2. The molecule has 0 radical (unpaired) electrons. The number of halogens is 1. The normalized spacial score (nSPS) is 10.8. The third-order valence-corrected chi connectivity index (χ3v) is 6.24. The van der Waals surface area contributed by atoms with Crippen molar-refractivity contribution in [2.45, 2.75) is 25.5 Å². The van der Waals surface area contributed by atoms with E-state index in [1.807, 2.05) is 31.2 Å². The molecule has 2 aromatic heterocycles. The van der Waals surface area contributed by atoms with E-state index in [0.717, 1.165) is 16.3 Å². The molecule has 34 heavy (non-hydrogen) atoms. The predicted octanol–water partition coefficient (Wildman–Crippen LogP) is 3.54. The largest absolute Gasteiger partial charge is 0.345 e. The highest BCUT2D eigenvalue weighted by molar-refractivity contribution is 7.99. The molecule has 9 nitrogen and oxygen atoms in total. The number of carbonyl (C=O) groups is 2. The fraction of sp³-hybridized carbons (Fsp3) is 0.182. The molecule has 2 N–H and O–H groups in total. The van der Waals surface area contributed by atoms with Crippen molar-refractivity contribution in [3.05, 3.63) is 76.3 Å². The number of thioether (sulfide) groups is 1. The highest BCUT2D eigenvalue weighted by Crippen LogP contribution is 2.23. The number of aryl methyl sites for hydroxylation is 2. The van der Waals surface area contributed by atoms with Gasteiger partial charge in [-0.15, -0.1) is 20.4 Å². The Morgan fingerprint density at radius 1 is 1.06 bits per heavy atom. The van der Waals surface area contributed by atoms with Gasteiger partial charge in [0.25, 0.3) is 5.91 Å². The monoisotopic (exact) mass is 497 g/mol. The minimum absolute atomic E-state index is 0.0626. The summed E-state index contributed by atoms with van der Waals surface area (Å²) in [5.74, 6) is -0.618. The summed E-state index contributed by atoms with van der Waals surface area (Å²) >= 11 is 2.50. The van der Waals surface area contributed by atoms with Crippen molar-refractivity contribution in [3.63, 3.8) is 0 Å². The molecule has 0 saturated carbocycles. The lowest BCUT2D eigenvalue weighted by atomic mass is 10.2. The Morgan fingerprint density at radius 3 is 2.62 bits per heavy atom. The Bertz CT molecular complexity index is 1340. The number of amides is 2. The van der Waals surface area contributed by atoms with Crippen LogP contribution >= 0.6 is 23.1 Å². The van der Waals surface area contributed by atoms with Crippen LogP contribution in [0.25, 0.3) is 5.69 Å². The van der Waals surface area contributed by atoms with Crippen LogP contribution in [-0.2, 0) is 11.3 Å². The minimum Gasteiger partial charge on any atom is -0.345 e. The van der Waals surface area contributed by atoms with Gasteiger partial charge in [-0.25, -0.2) is 4.39 Å². The lowest BCUT2D eigenvalue weighted by Crippen LogP contribution is -2.24. The van der Waals surface area contributed by atoms with Crippen molar-refractivity contribution >= 4 is 40.0 Å². The molecule has 0 spiro atoms. The molecular formula is C22H20FN7O2S2. The van der Waals surface area contributed by atoms with Crippen molar-refractivity contribution in [2.75, 3.05) is 11.1 Å². The average Bonchev–Trinajstić information content (AvgIpc) is 3.41. The number of nitrogens with one attached hydrogen (secondary N) is 2. The van der Waals surface area contributed by atoms with Gasteiger partial charge in [-0.05, 0) is 49.7 Å². The molecule has 2 aromatic carbocycles. The molecule has 174 valence electrons. The second-order valence-electron chi connectivity index (χ2n) is 7.23. The van der Waals surface area contributed by atoms with Gasteiger partial charge in [-0.3, -0.25) is 19.5 Å². The average molecular weight is 498 g/mol. The van der Waals surface area contributed by atoms with E-state index >= 15 is 0 Å². The molecule has 2 amide bonds. The third kappa shape index (κ3) is 5.83. The molecule has 12 heteroatoms. The molecule has 0 aliphatic heterocycles. The smallest absolute Gasteiger partial charge is 0.251 e.